The smallest absolute Gasteiger partial charge is 0.204 e. The Morgan fingerprint density at radius 1 is 0.966 bits per heavy atom. The first-order valence-electron chi connectivity index (χ1n) is 10.1. The molecule has 1 saturated heterocycles. The number of aromatic nitrogens is 3. The molecule has 5 nitrogen and oxygen atoms in total. The first-order valence-corrected chi connectivity index (χ1v) is 10.5. The molecule has 2 heterocycles. The lowest BCUT2D eigenvalue weighted by Gasteiger charge is -2.26. The van der Waals surface area contributed by atoms with E-state index >= 15 is 0 Å². The summed E-state index contributed by atoms with van der Waals surface area (Å²) in [5, 5.41) is 4.94. The van der Waals surface area contributed by atoms with Crippen molar-refractivity contribution >= 4 is 12.2 Å². The zero-order valence-electron chi connectivity index (χ0n) is 17.3. The first kappa shape index (κ1) is 20.0. The third-order valence-corrected chi connectivity index (χ3v) is 5.69. The SMILES string of the molecule is CC(C)(C)c1ccc(-c2nn(CN3CCOCC3)c(=S)n2-c2ccccc2)cc1. The van der Waals surface area contributed by atoms with Crippen molar-refractivity contribution in [1.82, 2.24) is 19.2 Å². The van der Waals surface area contributed by atoms with Gasteiger partial charge in [0.15, 0.2) is 5.82 Å². The highest BCUT2D eigenvalue weighted by molar-refractivity contribution is 7.71. The molecule has 152 valence electrons. The van der Waals surface area contributed by atoms with Gasteiger partial charge in [0.1, 0.15) is 0 Å². The number of rotatable bonds is 4. The van der Waals surface area contributed by atoms with Crippen molar-refractivity contribution in [3.05, 3.63) is 64.9 Å². The number of para-hydroxylation sites is 1. The Labute approximate surface area is 177 Å². The Bertz CT molecular complexity index is 1010. The predicted octanol–water partition coefficient (Wildman–Crippen LogP) is 4.66. The summed E-state index contributed by atoms with van der Waals surface area (Å²) in [6, 6.07) is 18.9. The van der Waals surface area contributed by atoms with E-state index in [1.54, 1.807) is 0 Å². The fourth-order valence-electron chi connectivity index (χ4n) is 3.55. The molecule has 1 aliphatic rings. The van der Waals surface area contributed by atoms with Gasteiger partial charge in [0.2, 0.25) is 4.77 Å². The highest BCUT2D eigenvalue weighted by atomic mass is 32.1. The van der Waals surface area contributed by atoms with Gasteiger partial charge in [-0.05, 0) is 35.3 Å². The summed E-state index contributed by atoms with van der Waals surface area (Å²) in [5.74, 6) is 0.870. The fourth-order valence-corrected chi connectivity index (χ4v) is 3.84. The number of benzene rings is 2. The maximum atomic E-state index is 5.85. The Morgan fingerprint density at radius 3 is 2.24 bits per heavy atom. The molecule has 6 heteroatoms. The zero-order valence-corrected chi connectivity index (χ0v) is 18.2. The summed E-state index contributed by atoms with van der Waals surface area (Å²) in [4.78, 5) is 2.33. The normalized spacial score (nSPS) is 15.6. The van der Waals surface area contributed by atoms with Gasteiger partial charge in [-0.3, -0.25) is 9.47 Å². The Hall–Kier alpha value is -2.28. The largest absolute Gasteiger partial charge is 0.379 e. The zero-order chi connectivity index (χ0) is 20.4. The van der Waals surface area contributed by atoms with Gasteiger partial charge in [0.05, 0.1) is 19.9 Å². The third kappa shape index (κ3) is 4.34. The van der Waals surface area contributed by atoms with Gasteiger partial charge in [0.25, 0.3) is 0 Å². The number of morpholine rings is 1. The van der Waals surface area contributed by atoms with E-state index in [-0.39, 0.29) is 5.41 Å². The van der Waals surface area contributed by atoms with Gasteiger partial charge in [0, 0.05) is 24.3 Å². The first-order chi connectivity index (χ1) is 13.9. The van der Waals surface area contributed by atoms with Crippen molar-refractivity contribution in [3.63, 3.8) is 0 Å². The second-order valence-electron chi connectivity index (χ2n) is 8.48. The standard InChI is InChI=1S/C23H28N4OS/c1-23(2,3)19-11-9-18(10-12-19)21-24-26(17-25-13-15-28-16-14-25)22(29)27(21)20-7-5-4-6-8-20/h4-12H,13-17H2,1-3H3. The lowest BCUT2D eigenvalue weighted by Crippen LogP contribution is -2.37. The lowest BCUT2D eigenvalue weighted by atomic mass is 9.87. The van der Waals surface area contributed by atoms with Gasteiger partial charge in [-0.2, -0.15) is 0 Å². The lowest BCUT2D eigenvalue weighted by molar-refractivity contribution is 0.0210. The molecule has 4 rings (SSSR count). The van der Waals surface area contributed by atoms with Crippen LogP contribution in [0.15, 0.2) is 54.6 Å². The van der Waals surface area contributed by atoms with E-state index in [1.165, 1.54) is 5.56 Å². The van der Waals surface area contributed by atoms with Crippen molar-refractivity contribution in [2.45, 2.75) is 32.9 Å². The molecule has 0 aliphatic carbocycles. The molecule has 0 saturated carbocycles. The van der Waals surface area contributed by atoms with E-state index in [2.05, 4.69) is 66.6 Å². The van der Waals surface area contributed by atoms with Crippen LogP contribution in [-0.4, -0.2) is 45.6 Å². The quantitative estimate of drug-likeness (QED) is 0.588. The summed E-state index contributed by atoms with van der Waals surface area (Å²) in [5.41, 5.74) is 3.51. The number of hydrogen-bond donors (Lipinski definition) is 0. The Morgan fingerprint density at radius 2 is 1.62 bits per heavy atom. The minimum Gasteiger partial charge on any atom is -0.379 e. The van der Waals surface area contributed by atoms with Crippen LogP contribution in [0.4, 0.5) is 0 Å². The minimum atomic E-state index is 0.118. The number of hydrogen-bond acceptors (Lipinski definition) is 4. The average molecular weight is 409 g/mol. The van der Waals surface area contributed by atoms with Gasteiger partial charge in [-0.25, -0.2) is 4.68 Å². The molecule has 29 heavy (non-hydrogen) atoms. The van der Waals surface area contributed by atoms with E-state index in [0.717, 1.165) is 43.4 Å². The van der Waals surface area contributed by atoms with Crippen LogP contribution >= 0.6 is 12.2 Å². The highest BCUT2D eigenvalue weighted by Gasteiger charge is 2.19. The van der Waals surface area contributed by atoms with Gasteiger partial charge >= 0.3 is 0 Å². The summed E-state index contributed by atoms with van der Waals surface area (Å²) in [6.07, 6.45) is 0. The summed E-state index contributed by atoms with van der Waals surface area (Å²) in [6.45, 7) is 10.7. The summed E-state index contributed by atoms with van der Waals surface area (Å²) in [7, 11) is 0. The van der Waals surface area contributed by atoms with Crippen molar-refractivity contribution < 1.29 is 4.74 Å². The Balaban J connectivity index is 1.77. The third-order valence-electron chi connectivity index (χ3n) is 5.30. The maximum absolute atomic E-state index is 5.85. The molecule has 0 bridgehead atoms. The van der Waals surface area contributed by atoms with Crippen LogP contribution in [-0.2, 0) is 16.8 Å². The van der Waals surface area contributed by atoms with Crippen molar-refractivity contribution in [3.8, 4) is 17.1 Å². The Kier molecular flexibility index (Phi) is 5.67. The van der Waals surface area contributed by atoms with E-state index in [1.807, 2.05) is 22.9 Å². The molecule has 2 aromatic carbocycles. The second-order valence-corrected chi connectivity index (χ2v) is 8.84. The summed E-state index contributed by atoms with van der Waals surface area (Å²) >= 11 is 5.85. The van der Waals surface area contributed by atoms with Gasteiger partial charge in [-0.15, -0.1) is 5.10 Å². The molecule has 0 unspecified atom stereocenters. The molecule has 1 aliphatic heterocycles. The molecule has 0 radical (unpaired) electrons. The van der Waals surface area contributed by atoms with Crippen LogP contribution in [0.5, 0.6) is 0 Å². The molecule has 0 spiro atoms. The second kappa shape index (κ2) is 8.22. The summed E-state index contributed by atoms with van der Waals surface area (Å²) < 4.78 is 10.2. The number of ether oxygens (including phenoxy) is 1. The molecule has 0 amide bonds. The van der Waals surface area contributed by atoms with E-state index in [4.69, 9.17) is 22.1 Å². The van der Waals surface area contributed by atoms with E-state index in [0.29, 0.717) is 11.4 Å². The molecule has 1 fully saturated rings. The molecule has 0 atom stereocenters. The van der Waals surface area contributed by atoms with Crippen LogP contribution in [0.1, 0.15) is 26.3 Å². The predicted molar refractivity (Wildman–Crippen MR) is 119 cm³/mol. The fraction of sp³-hybridized carbons (Fsp3) is 0.391. The van der Waals surface area contributed by atoms with E-state index in [9.17, 15) is 0 Å². The maximum Gasteiger partial charge on any atom is 0.204 e. The van der Waals surface area contributed by atoms with Crippen LogP contribution in [0.2, 0.25) is 0 Å². The van der Waals surface area contributed by atoms with Crippen molar-refractivity contribution in [2.75, 3.05) is 26.3 Å². The monoisotopic (exact) mass is 408 g/mol. The van der Waals surface area contributed by atoms with Crippen LogP contribution in [0.3, 0.4) is 0 Å². The average Bonchev–Trinajstić information content (AvgIpc) is 3.05. The number of nitrogens with zero attached hydrogens (tertiary/aromatic N) is 4. The molecule has 1 aromatic heterocycles. The van der Waals surface area contributed by atoms with Crippen LogP contribution in [0.25, 0.3) is 17.1 Å². The molecular weight excluding hydrogens is 380 g/mol. The van der Waals surface area contributed by atoms with Crippen molar-refractivity contribution in [2.24, 2.45) is 0 Å². The molecule has 0 N–H and O–H groups in total. The molecular formula is C23H28N4OS. The molecule has 3 aromatic rings. The minimum absolute atomic E-state index is 0.118. The van der Waals surface area contributed by atoms with E-state index < -0.39 is 0 Å². The highest BCUT2D eigenvalue weighted by Crippen LogP contribution is 2.27. The topological polar surface area (TPSA) is 35.2 Å². The van der Waals surface area contributed by atoms with Crippen molar-refractivity contribution in [1.29, 1.82) is 0 Å². The van der Waals surface area contributed by atoms with Gasteiger partial charge < -0.3 is 4.74 Å². The van der Waals surface area contributed by atoms with Gasteiger partial charge in [-0.1, -0.05) is 63.2 Å². The van der Waals surface area contributed by atoms with Crippen LogP contribution < -0.4 is 0 Å². The van der Waals surface area contributed by atoms with Crippen LogP contribution in [0, 0.1) is 4.77 Å².